The van der Waals surface area contributed by atoms with E-state index in [0.29, 0.717) is 5.41 Å². The van der Waals surface area contributed by atoms with E-state index >= 15 is 0 Å². The molecule has 2 aliphatic rings. The summed E-state index contributed by atoms with van der Waals surface area (Å²) in [6.07, 6.45) is 2.68. The average Bonchev–Trinajstić information content (AvgIpc) is 2.77. The van der Waals surface area contributed by atoms with E-state index < -0.39 is 0 Å². The third-order valence-corrected chi connectivity index (χ3v) is 4.08. The first-order valence-electron chi connectivity index (χ1n) is 6.52. The minimum Gasteiger partial charge on any atom is -0.373 e. The molecule has 0 amide bonds. The molecule has 2 N–H and O–H groups in total. The average molecular weight is 263 g/mol. The molecule has 3 rings (SSSR count). The third kappa shape index (κ3) is 2.84. The number of piperidine rings is 1. The molecule has 0 aromatic heterocycles. The van der Waals surface area contributed by atoms with E-state index in [0.717, 1.165) is 0 Å². The number of likely N-dealkylation sites (N-methyl/N-ethyl adjacent to an activating group) is 1. The molecule has 0 atom stereocenters. The number of carbonyl (C=O) groups excluding carboxylic acids is 2. The maximum atomic E-state index is 8.00. The highest BCUT2D eigenvalue weighted by molar-refractivity contribution is 5.62. The molecule has 0 radical (unpaired) electrons. The van der Waals surface area contributed by atoms with Crippen LogP contribution < -0.4 is 10.2 Å². The van der Waals surface area contributed by atoms with Gasteiger partial charge in [-0.05, 0) is 11.6 Å². The zero-order chi connectivity index (χ0) is 14.3. The van der Waals surface area contributed by atoms with Gasteiger partial charge in [0.15, 0.2) is 0 Å². The Balaban J connectivity index is 0.000000415. The zero-order valence-corrected chi connectivity index (χ0v) is 11.6. The van der Waals surface area contributed by atoms with Crippen LogP contribution >= 0.6 is 0 Å². The van der Waals surface area contributed by atoms with Crippen LogP contribution in [0.3, 0.4) is 0 Å². The van der Waals surface area contributed by atoms with Gasteiger partial charge in [-0.2, -0.15) is 0 Å². The Hall–Kier alpha value is -1.68. The van der Waals surface area contributed by atoms with Gasteiger partial charge in [-0.1, -0.05) is 18.2 Å². The quantitative estimate of drug-likeness (QED) is 0.735. The van der Waals surface area contributed by atoms with Gasteiger partial charge in [0.1, 0.15) is 13.6 Å². The lowest BCUT2D eigenvalue weighted by Gasteiger charge is -2.32. The molecule has 0 bridgehead atoms. The summed E-state index contributed by atoms with van der Waals surface area (Å²) in [5, 5.41) is 2.45. The number of para-hydroxylation sites is 1. The monoisotopic (exact) mass is 263 g/mol. The summed E-state index contributed by atoms with van der Waals surface area (Å²) in [6.45, 7) is 7.81. The van der Waals surface area contributed by atoms with Gasteiger partial charge in [0.25, 0.3) is 0 Å². The van der Waals surface area contributed by atoms with Crippen molar-refractivity contribution in [2.45, 2.75) is 18.3 Å². The molecule has 0 saturated carbocycles. The van der Waals surface area contributed by atoms with Gasteiger partial charge < -0.3 is 19.8 Å². The second kappa shape index (κ2) is 7.04. The fraction of sp³-hybridized carbons (Fsp3) is 0.467. The second-order valence-corrected chi connectivity index (χ2v) is 5.02. The Morgan fingerprint density at radius 3 is 2.32 bits per heavy atom. The number of benzene rings is 1. The van der Waals surface area contributed by atoms with Crippen molar-refractivity contribution in [3.63, 3.8) is 0 Å². The molecule has 0 unspecified atom stereocenters. The number of fused-ring (bicyclic) bond motifs is 2. The molecule has 4 nitrogen and oxygen atoms in total. The number of hydrogen-bond donors (Lipinski definition) is 1. The minimum absolute atomic E-state index is 0.472. The van der Waals surface area contributed by atoms with Crippen LogP contribution in [0.15, 0.2) is 24.3 Å². The van der Waals surface area contributed by atoms with Crippen molar-refractivity contribution in [3.8, 4) is 0 Å². The highest BCUT2D eigenvalue weighted by atomic mass is 16.1. The Bertz CT molecular complexity index is 401. The number of rotatable bonds is 0. The molecule has 1 fully saturated rings. The Kier molecular flexibility index (Phi) is 5.70. The van der Waals surface area contributed by atoms with E-state index in [9.17, 15) is 0 Å². The van der Waals surface area contributed by atoms with Gasteiger partial charge >= 0.3 is 0 Å². The number of nitrogens with zero attached hydrogens (tertiary/aromatic N) is 1. The normalized spacial score (nSPS) is 18.7. The Morgan fingerprint density at radius 1 is 1.11 bits per heavy atom. The van der Waals surface area contributed by atoms with Crippen molar-refractivity contribution in [1.82, 2.24) is 0 Å². The van der Waals surface area contributed by atoms with E-state index in [2.05, 4.69) is 41.5 Å². The second-order valence-electron chi connectivity index (χ2n) is 5.02. The summed E-state index contributed by atoms with van der Waals surface area (Å²) in [5.41, 5.74) is 3.53. The lowest BCUT2D eigenvalue weighted by molar-refractivity contribution is -0.665. The van der Waals surface area contributed by atoms with Crippen LogP contribution in [-0.4, -0.2) is 40.3 Å². The van der Waals surface area contributed by atoms with E-state index in [1.165, 1.54) is 38.2 Å². The summed E-state index contributed by atoms with van der Waals surface area (Å²) in [4.78, 5) is 18.4. The van der Waals surface area contributed by atoms with Gasteiger partial charge in [-0.3, -0.25) is 0 Å². The van der Waals surface area contributed by atoms with Crippen molar-refractivity contribution in [2.75, 3.05) is 31.6 Å². The van der Waals surface area contributed by atoms with Crippen molar-refractivity contribution in [2.24, 2.45) is 0 Å². The van der Waals surface area contributed by atoms with Crippen LogP contribution in [0.1, 0.15) is 18.4 Å². The smallest absolute Gasteiger partial charge is 0.106 e. The van der Waals surface area contributed by atoms with Crippen LogP contribution in [0.4, 0.5) is 5.69 Å². The Morgan fingerprint density at radius 2 is 1.68 bits per heavy atom. The topological polar surface area (TPSA) is 54.0 Å². The molecule has 4 heteroatoms. The summed E-state index contributed by atoms with van der Waals surface area (Å²) in [6, 6.07) is 8.95. The molecular formula is C15H23N2O2+. The van der Waals surface area contributed by atoms with Gasteiger partial charge in [-0.25, -0.2) is 0 Å². The van der Waals surface area contributed by atoms with Gasteiger partial charge in [0.05, 0.1) is 13.1 Å². The molecule has 1 saturated heterocycles. The number of nitrogens with two attached hydrogens (primary N) is 1. The highest BCUT2D eigenvalue weighted by Gasteiger charge is 2.43. The number of hydrogen-bond acceptors (Lipinski definition) is 3. The lowest BCUT2D eigenvalue weighted by atomic mass is 9.75. The van der Waals surface area contributed by atoms with E-state index in [1.807, 2.05) is 13.6 Å². The predicted molar refractivity (Wildman–Crippen MR) is 76.5 cm³/mol. The molecule has 2 aliphatic heterocycles. The first kappa shape index (κ1) is 15.4. The predicted octanol–water partition coefficient (Wildman–Crippen LogP) is 0.362. The van der Waals surface area contributed by atoms with Crippen molar-refractivity contribution in [3.05, 3.63) is 29.8 Å². The molecule has 104 valence electrons. The molecule has 1 aromatic carbocycles. The van der Waals surface area contributed by atoms with Gasteiger partial charge in [-0.15, -0.1) is 0 Å². The fourth-order valence-electron chi connectivity index (χ4n) is 3.33. The summed E-state index contributed by atoms with van der Waals surface area (Å²) < 4.78 is 0. The van der Waals surface area contributed by atoms with E-state index in [1.54, 1.807) is 5.56 Å². The summed E-state index contributed by atoms with van der Waals surface area (Å²) >= 11 is 0. The molecule has 19 heavy (non-hydrogen) atoms. The molecule has 2 heterocycles. The molecule has 0 aliphatic carbocycles. The minimum atomic E-state index is 0.472. The van der Waals surface area contributed by atoms with E-state index in [4.69, 9.17) is 9.59 Å². The Labute approximate surface area is 114 Å². The first-order valence-corrected chi connectivity index (χ1v) is 6.52. The van der Waals surface area contributed by atoms with Crippen molar-refractivity contribution >= 4 is 19.3 Å². The third-order valence-electron chi connectivity index (χ3n) is 4.08. The van der Waals surface area contributed by atoms with Crippen LogP contribution in [0.25, 0.3) is 0 Å². The number of anilines is 1. The van der Waals surface area contributed by atoms with Crippen molar-refractivity contribution in [1.29, 1.82) is 0 Å². The van der Waals surface area contributed by atoms with Crippen LogP contribution in [-0.2, 0) is 15.0 Å². The summed E-state index contributed by atoms with van der Waals surface area (Å²) in [5.74, 6) is 0. The van der Waals surface area contributed by atoms with Crippen LogP contribution in [0, 0.1) is 0 Å². The number of carbonyl (C=O) groups is 2. The zero-order valence-electron chi connectivity index (χ0n) is 11.6. The maximum Gasteiger partial charge on any atom is 0.106 e. The van der Waals surface area contributed by atoms with Gasteiger partial charge in [0.2, 0.25) is 0 Å². The van der Waals surface area contributed by atoms with E-state index in [-0.39, 0.29) is 0 Å². The highest BCUT2D eigenvalue weighted by Crippen LogP contribution is 2.44. The fourth-order valence-corrected chi connectivity index (χ4v) is 3.33. The molecule has 1 aromatic rings. The van der Waals surface area contributed by atoms with Gasteiger partial charge in [0, 0.05) is 37.5 Å². The molecular weight excluding hydrogens is 240 g/mol. The van der Waals surface area contributed by atoms with Crippen molar-refractivity contribution < 1.29 is 14.9 Å². The first-order chi connectivity index (χ1) is 9.32. The SMILES string of the molecule is C=O.C=O.CN1CC2(CC[NH2+]CC2)c2ccccc21. The maximum absolute atomic E-state index is 8.00. The summed E-state index contributed by atoms with van der Waals surface area (Å²) in [7, 11) is 2.23. The van der Waals surface area contributed by atoms with Crippen LogP contribution in [0.5, 0.6) is 0 Å². The lowest BCUT2D eigenvalue weighted by Crippen LogP contribution is -2.87. The number of quaternary nitrogens is 1. The standard InChI is InChI=1S/C13H18N2.2CH2O/c1-15-10-13(6-8-14-9-7-13)11-4-2-3-5-12(11)15;2*1-2/h2-5,14H,6-10H2,1H3;2*1H2/p+1. The molecule has 1 spiro atoms. The largest absolute Gasteiger partial charge is 0.373 e. The van der Waals surface area contributed by atoms with Crippen LogP contribution in [0.2, 0.25) is 0 Å².